The van der Waals surface area contributed by atoms with Crippen LogP contribution < -0.4 is 20.5 Å². The minimum absolute atomic E-state index is 0.0112. The molecule has 11 nitrogen and oxygen atoms in total. The first-order chi connectivity index (χ1) is 22.4. The minimum atomic E-state index is -0.168. The molecule has 3 aromatic heterocycles. The SMILES string of the molecule is COc1cc(C(=O)N2CC3CCC2C3N)cc2nc(-c3cc4ccc(-c5ccc6c(c5)NC(=O)CO6)nc4n3CC3CC3)n(C)c12. The standard InChI is InChI=1S/C35H35N7O4/c1-40-32-25(12-22(14-29(32)45-2)35(44)42-16-21-6-9-26(42)31(21)36)39-34(40)27-13-20-5-8-23(38-33(20)41(27)15-18-3-4-18)19-7-10-28-24(11-19)37-30(43)17-46-28/h5,7-8,10-14,18,21,26,31H,3-4,6,9,15-17,36H2,1-2H3,(H,37,43). The maximum absolute atomic E-state index is 13.7. The summed E-state index contributed by atoms with van der Waals surface area (Å²) in [6.07, 6.45) is 4.43. The fraction of sp³-hybridized carbons (Fsp3) is 0.371. The number of nitrogens with two attached hydrogens (primary N) is 1. The van der Waals surface area contributed by atoms with E-state index < -0.39 is 0 Å². The Morgan fingerprint density at radius 3 is 2.72 bits per heavy atom. The van der Waals surface area contributed by atoms with E-state index in [0.29, 0.717) is 46.6 Å². The molecule has 2 bridgehead atoms. The largest absolute Gasteiger partial charge is 0.494 e. The third-order valence-corrected chi connectivity index (χ3v) is 10.3. The Kier molecular flexibility index (Phi) is 5.99. The van der Waals surface area contributed by atoms with Crippen molar-refractivity contribution >= 4 is 39.6 Å². The number of amides is 2. The van der Waals surface area contributed by atoms with E-state index in [2.05, 4.69) is 26.6 Å². The first kappa shape index (κ1) is 27.4. The number of nitrogens with zero attached hydrogens (tertiary/aromatic N) is 5. The summed E-state index contributed by atoms with van der Waals surface area (Å²) in [5.74, 6) is 2.85. The Hall–Kier alpha value is -4.90. The van der Waals surface area contributed by atoms with Gasteiger partial charge in [0.25, 0.3) is 11.8 Å². The third kappa shape index (κ3) is 4.21. The second-order valence-electron chi connectivity index (χ2n) is 13.2. The zero-order valence-corrected chi connectivity index (χ0v) is 25.8. The average Bonchev–Trinajstić information content (AvgIpc) is 3.47. The van der Waals surface area contributed by atoms with Crippen LogP contribution in [0, 0.1) is 11.8 Å². The van der Waals surface area contributed by atoms with E-state index in [1.165, 1.54) is 12.8 Å². The number of hydrogen-bond acceptors (Lipinski definition) is 7. The molecule has 3 unspecified atom stereocenters. The average molecular weight is 618 g/mol. The molecule has 3 fully saturated rings. The van der Waals surface area contributed by atoms with Gasteiger partial charge in [-0.1, -0.05) is 0 Å². The first-order valence-corrected chi connectivity index (χ1v) is 16.0. The predicted molar refractivity (Wildman–Crippen MR) is 174 cm³/mol. The molecule has 3 N–H and O–H groups in total. The molecule has 2 amide bonds. The molecule has 11 heteroatoms. The van der Waals surface area contributed by atoms with Crippen molar-refractivity contribution in [3.63, 3.8) is 0 Å². The van der Waals surface area contributed by atoms with Gasteiger partial charge in [-0.3, -0.25) is 9.59 Å². The summed E-state index contributed by atoms with van der Waals surface area (Å²) in [4.78, 5) is 37.9. The molecule has 3 atom stereocenters. The molecule has 2 saturated carbocycles. The van der Waals surface area contributed by atoms with Gasteiger partial charge in [0, 0.05) is 48.7 Å². The van der Waals surface area contributed by atoms with E-state index >= 15 is 0 Å². The van der Waals surface area contributed by atoms with Gasteiger partial charge in [0.2, 0.25) is 0 Å². The molecule has 0 spiro atoms. The van der Waals surface area contributed by atoms with Gasteiger partial charge in [0.05, 0.1) is 29.7 Å². The van der Waals surface area contributed by atoms with E-state index in [9.17, 15) is 9.59 Å². The number of nitrogens with one attached hydrogen (secondary N) is 1. The van der Waals surface area contributed by atoms with Crippen LogP contribution in [0.4, 0.5) is 5.69 Å². The van der Waals surface area contributed by atoms with Gasteiger partial charge in [-0.25, -0.2) is 9.97 Å². The van der Waals surface area contributed by atoms with Gasteiger partial charge in [0.15, 0.2) is 12.4 Å². The summed E-state index contributed by atoms with van der Waals surface area (Å²) in [5, 5.41) is 3.91. The highest BCUT2D eigenvalue weighted by molar-refractivity contribution is 6.01. The van der Waals surface area contributed by atoms with Gasteiger partial charge in [-0.15, -0.1) is 0 Å². The molecule has 4 aliphatic rings. The van der Waals surface area contributed by atoms with Crippen molar-refractivity contribution < 1.29 is 19.1 Å². The van der Waals surface area contributed by atoms with Gasteiger partial charge < -0.3 is 34.6 Å². The lowest BCUT2D eigenvalue weighted by atomic mass is 10.1. The lowest BCUT2D eigenvalue weighted by molar-refractivity contribution is -0.118. The van der Waals surface area contributed by atoms with E-state index in [1.54, 1.807) is 7.11 Å². The minimum Gasteiger partial charge on any atom is -0.494 e. The number of ether oxygens (including phenoxy) is 2. The van der Waals surface area contributed by atoms with Crippen molar-refractivity contribution in [3.05, 3.63) is 54.1 Å². The van der Waals surface area contributed by atoms with Crippen LogP contribution in [-0.2, 0) is 18.4 Å². The lowest BCUT2D eigenvalue weighted by Gasteiger charge is -2.27. The third-order valence-electron chi connectivity index (χ3n) is 10.3. The summed E-state index contributed by atoms with van der Waals surface area (Å²) in [7, 11) is 3.63. The van der Waals surface area contributed by atoms with Gasteiger partial charge in [0.1, 0.15) is 22.7 Å². The molecule has 46 heavy (non-hydrogen) atoms. The number of imidazole rings is 1. The monoisotopic (exact) mass is 617 g/mol. The van der Waals surface area contributed by atoms with Crippen LogP contribution in [0.5, 0.6) is 11.5 Å². The van der Waals surface area contributed by atoms with Crippen LogP contribution in [0.3, 0.4) is 0 Å². The zero-order chi connectivity index (χ0) is 31.3. The number of aromatic nitrogens is 4. The van der Waals surface area contributed by atoms with E-state index in [0.717, 1.165) is 58.7 Å². The van der Waals surface area contributed by atoms with Crippen molar-refractivity contribution in [1.82, 2.24) is 24.0 Å². The Morgan fingerprint density at radius 1 is 1.09 bits per heavy atom. The Bertz CT molecular complexity index is 2090. The zero-order valence-electron chi connectivity index (χ0n) is 25.8. The van der Waals surface area contributed by atoms with E-state index in [1.807, 2.05) is 48.3 Å². The highest BCUT2D eigenvalue weighted by Crippen LogP contribution is 2.41. The summed E-state index contributed by atoms with van der Waals surface area (Å²) in [6, 6.07) is 15.9. The van der Waals surface area contributed by atoms with Crippen molar-refractivity contribution in [1.29, 1.82) is 0 Å². The number of benzene rings is 2. The number of likely N-dealkylation sites (tertiary alicyclic amines) is 1. The maximum atomic E-state index is 13.7. The van der Waals surface area contributed by atoms with Crippen molar-refractivity contribution in [2.24, 2.45) is 24.6 Å². The van der Waals surface area contributed by atoms with Crippen molar-refractivity contribution in [2.45, 2.75) is 44.3 Å². The molecule has 0 radical (unpaired) electrons. The smallest absolute Gasteiger partial charge is 0.262 e. The van der Waals surface area contributed by atoms with E-state index in [4.69, 9.17) is 25.2 Å². The Morgan fingerprint density at radius 2 is 1.96 bits per heavy atom. The highest BCUT2D eigenvalue weighted by Gasteiger charge is 2.47. The molecule has 9 rings (SSSR count). The van der Waals surface area contributed by atoms with Crippen molar-refractivity contribution in [3.8, 4) is 34.3 Å². The maximum Gasteiger partial charge on any atom is 0.262 e. The molecule has 1 saturated heterocycles. The summed E-state index contributed by atoms with van der Waals surface area (Å²) in [5.41, 5.74) is 12.7. The normalized spacial score (nSPS) is 21.9. The number of methoxy groups -OCH3 is 1. The highest BCUT2D eigenvalue weighted by atomic mass is 16.5. The number of pyridine rings is 1. The second-order valence-corrected chi connectivity index (χ2v) is 13.2. The summed E-state index contributed by atoms with van der Waals surface area (Å²) < 4.78 is 15.7. The molecular weight excluding hydrogens is 582 g/mol. The number of fused-ring (bicyclic) bond motifs is 5. The van der Waals surface area contributed by atoms with Crippen LogP contribution in [-0.4, -0.2) is 68.2 Å². The van der Waals surface area contributed by atoms with Gasteiger partial charge in [-0.05, 0) is 86.1 Å². The number of hydrogen-bond donors (Lipinski definition) is 2. The lowest BCUT2D eigenvalue weighted by Crippen LogP contribution is -2.41. The van der Waals surface area contributed by atoms with Crippen LogP contribution >= 0.6 is 0 Å². The van der Waals surface area contributed by atoms with Crippen LogP contribution in [0.1, 0.15) is 36.0 Å². The number of carbonyl (C=O) groups excluding carboxylic acids is 2. The molecule has 234 valence electrons. The quantitative estimate of drug-likeness (QED) is 0.286. The molecular formula is C35H35N7O4. The fourth-order valence-electron chi connectivity index (χ4n) is 7.73. The Balaban J connectivity index is 1.14. The number of aryl methyl sites for hydroxylation is 1. The van der Waals surface area contributed by atoms with E-state index in [-0.39, 0.29) is 30.5 Å². The number of carbonyl (C=O) groups is 2. The number of piperidine rings is 1. The van der Waals surface area contributed by atoms with Crippen LogP contribution in [0.25, 0.3) is 44.8 Å². The topological polar surface area (TPSA) is 130 Å². The molecule has 2 aliphatic heterocycles. The summed E-state index contributed by atoms with van der Waals surface area (Å²) >= 11 is 0. The summed E-state index contributed by atoms with van der Waals surface area (Å²) in [6.45, 7) is 1.57. The Labute approximate surface area is 265 Å². The first-order valence-electron chi connectivity index (χ1n) is 16.0. The fourth-order valence-corrected chi connectivity index (χ4v) is 7.73. The van der Waals surface area contributed by atoms with Crippen molar-refractivity contribution in [2.75, 3.05) is 25.6 Å². The van der Waals surface area contributed by atoms with Gasteiger partial charge >= 0.3 is 0 Å². The van der Waals surface area contributed by atoms with Crippen LogP contribution in [0.15, 0.2) is 48.5 Å². The molecule has 2 aliphatic carbocycles. The molecule has 5 aromatic rings. The number of rotatable bonds is 6. The van der Waals surface area contributed by atoms with Gasteiger partial charge in [-0.2, -0.15) is 0 Å². The predicted octanol–water partition coefficient (Wildman–Crippen LogP) is 4.57. The van der Waals surface area contributed by atoms with Crippen LogP contribution in [0.2, 0.25) is 0 Å². The number of anilines is 1. The molecule has 2 aromatic carbocycles. The molecule has 5 heterocycles. The second kappa shape index (κ2) is 10.1.